The first-order chi connectivity index (χ1) is 15.5. The summed E-state index contributed by atoms with van der Waals surface area (Å²) >= 11 is 3.42. The van der Waals surface area contributed by atoms with Crippen LogP contribution in [0.5, 0.6) is 5.75 Å². The number of nitrogens with one attached hydrogen (secondary N) is 1. The van der Waals surface area contributed by atoms with Crippen molar-refractivity contribution in [2.75, 3.05) is 13.7 Å². The van der Waals surface area contributed by atoms with Gasteiger partial charge in [-0.3, -0.25) is 9.59 Å². The minimum absolute atomic E-state index is 0.146. The lowest BCUT2D eigenvalue weighted by Crippen LogP contribution is -2.34. The zero-order chi connectivity index (χ0) is 22.5. The molecule has 0 saturated heterocycles. The third kappa shape index (κ3) is 4.92. The van der Waals surface area contributed by atoms with Crippen molar-refractivity contribution >= 4 is 32.7 Å². The third-order valence-electron chi connectivity index (χ3n) is 5.36. The second kappa shape index (κ2) is 9.83. The molecule has 0 unspecified atom stereocenters. The average Bonchev–Trinajstić information content (AvgIpc) is 2.82. The molecule has 4 aromatic rings. The number of hydrogen-bond donors (Lipinski definition) is 1. The van der Waals surface area contributed by atoms with Gasteiger partial charge in [0, 0.05) is 11.0 Å². The van der Waals surface area contributed by atoms with Crippen molar-refractivity contribution in [3.63, 3.8) is 0 Å². The van der Waals surface area contributed by atoms with Crippen LogP contribution in [0.1, 0.15) is 21.5 Å². The molecule has 0 aliphatic rings. The number of hydrogen-bond acceptors (Lipinski definition) is 3. The molecule has 3 aromatic carbocycles. The molecule has 5 nitrogen and oxygen atoms in total. The number of fused-ring (bicyclic) bond motifs is 1. The summed E-state index contributed by atoms with van der Waals surface area (Å²) in [5, 5.41) is 3.74. The summed E-state index contributed by atoms with van der Waals surface area (Å²) in [6.45, 7) is 0.814. The Hall–Kier alpha value is -3.38. The van der Waals surface area contributed by atoms with E-state index in [1.54, 1.807) is 17.7 Å². The van der Waals surface area contributed by atoms with Gasteiger partial charge in [-0.15, -0.1) is 0 Å². The fraction of sp³-hybridized carbons (Fsp3) is 0.154. The Balaban J connectivity index is 1.59. The quantitative estimate of drug-likeness (QED) is 0.405. The SMILES string of the molecule is COc1ccc(Cn2c(=O)c(C(=O)NCCc3ccc(Br)cc3)cc3ccccc32)cc1. The highest BCUT2D eigenvalue weighted by atomic mass is 79.9. The van der Waals surface area contributed by atoms with Crippen molar-refractivity contribution < 1.29 is 9.53 Å². The average molecular weight is 491 g/mol. The molecule has 1 amide bonds. The zero-order valence-electron chi connectivity index (χ0n) is 17.7. The van der Waals surface area contributed by atoms with Crippen LogP contribution in [0.2, 0.25) is 0 Å². The van der Waals surface area contributed by atoms with E-state index < -0.39 is 0 Å². The van der Waals surface area contributed by atoms with E-state index in [1.165, 1.54) is 0 Å². The van der Waals surface area contributed by atoms with Gasteiger partial charge in [0.1, 0.15) is 11.3 Å². The number of aromatic nitrogens is 1. The molecular formula is C26H23BrN2O3. The fourth-order valence-corrected chi connectivity index (χ4v) is 3.89. The van der Waals surface area contributed by atoms with Crippen LogP contribution in [0.3, 0.4) is 0 Å². The van der Waals surface area contributed by atoms with Gasteiger partial charge in [0.2, 0.25) is 0 Å². The molecule has 0 radical (unpaired) electrons. The molecule has 4 rings (SSSR count). The molecule has 0 saturated carbocycles. The number of amides is 1. The first-order valence-corrected chi connectivity index (χ1v) is 11.1. The second-order valence-electron chi connectivity index (χ2n) is 7.49. The highest BCUT2D eigenvalue weighted by Crippen LogP contribution is 2.17. The van der Waals surface area contributed by atoms with Gasteiger partial charge in [0.15, 0.2) is 0 Å². The lowest BCUT2D eigenvalue weighted by atomic mass is 10.1. The van der Waals surface area contributed by atoms with Crippen LogP contribution in [0.15, 0.2) is 88.1 Å². The molecule has 1 N–H and O–H groups in total. The highest BCUT2D eigenvalue weighted by molar-refractivity contribution is 9.10. The van der Waals surface area contributed by atoms with E-state index in [-0.39, 0.29) is 17.0 Å². The van der Waals surface area contributed by atoms with Crippen LogP contribution in [0.4, 0.5) is 0 Å². The number of rotatable bonds is 7. The summed E-state index contributed by atoms with van der Waals surface area (Å²) < 4.78 is 7.88. The maximum Gasteiger partial charge on any atom is 0.264 e. The molecule has 162 valence electrons. The highest BCUT2D eigenvalue weighted by Gasteiger charge is 2.16. The zero-order valence-corrected chi connectivity index (χ0v) is 19.3. The number of carbonyl (C=O) groups excluding carboxylic acids is 1. The normalized spacial score (nSPS) is 10.8. The van der Waals surface area contributed by atoms with Gasteiger partial charge in [-0.25, -0.2) is 0 Å². The summed E-state index contributed by atoms with van der Waals surface area (Å²) in [5.41, 5.74) is 2.70. The smallest absolute Gasteiger partial charge is 0.264 e. The fourth-order valence-electron chi connectivity index (χ4n) is 3.63. The van der Waals surface area contributed by atoms with Gasteiger partial charge in [0.25, 0.3) is 11.5 Å². The maximum absolute atomic E-state index is 13.3. The minimum atomic E-state index is -0.360. The van der Waals surface area contributed by atoms with Gasteiger partial charge in [-0.05, 0) is 59.3 Å². The molecule has 0 fully saturated rings. The van der Waals surface area contributed by atoms with Crippen molar-refractivity contribution in [1.29, 1.82) is 0 Å². The van der Waals surface area contributed by atoms with Gasteiger partial charge >= 0.3 is 0 Å². The van der Waals surface area contributed by atoms with E-state index in [2.05, 4.69) is 21.2 Å². The number of nitrogens with zero attached hydrogens (tertiary/aromatic N) is 1. The van der Waals surface area contributed by atoms with Crippen LogP contribution < -0.4 is 15.6 Å². The number of benzene rings is 3. The van der Waals surface area contributed by atoms with Gasteiger partial charge in [-0.2, -0.15) is 0 Å². The van der Waals surface area contributed by atoms with Gasteiger partial charge < -0.3 is 14.6 Å². The standard InChI is InChI=1S/C26H23BrN2O3/c1-32-22-12-8-19(9-13-22)17-29-24-5-3-2-4-20(24)16-23(26(29)31)25(30)28-15-14-18-6-10-21(27)11-7-18/h2-13,16H,14-15,17H2,1H3,(H,28,30). The van der Waals surface area contributed by atoms with Crippen LogP contribution in [-0.4, -0.2) is 24.1 Å². The van der Waals surface area contributed by atoms with Crippen molar-refractivity contribution in [3.05, 3.63) is 110 Å². The van der Waals surface area contributed by atoms with Crippen LogP contribution in [-0.2, 0) is 13.0 Å². The summed E-state index contributed by atoms with van der Waals surface area (Å²) in [7, 11) is 1.62. The lowest BCUT2D eigenvalue weighted by Gasteiger charge is -2.14. The summed E-state index contributed by atoms with van der Waals surface area (Å²) in [5.74, 6) is 0.395. The second-order valence-corrected chi connectivity index (χ2v) is 8.40. The Labute approximate surface area is 194 Å². The van der Waals surface area contributed by atoms with Gasteiger partial charge in [0.05, 0.1) is 19.2 Å². The van der Waals surface area contributed by atoms with E-state index in [1.807, 2.05) is 72.8 Å². The van der Waals surface area contributed by atoms with Crippen molar-refractivity contribution in [1.82, 2.24) is 9.88 Å². The molecule has 0 atom stereocenters. The number of pyridine rings is 1. The summed E-state index contributed by atoms with van der Waals surface area (Å²) in [6, 6.07) is 24.8. The summed E-state index contributed by atoms with van der Waals surface area (Å²) in [6.07, 6.45) is 0.687. The molecule has 0 aliphatic carbocycles. The lowest BCUT2D eigenvalue weighted by molar-refractivity contribution is 0.0952. The van der Waals surface area contributed by atoms with E-state index in [4.69, 9.17) is 4.74 Å². The first kappa shape index (κ1) is 21.8. The number of halogens is 1. The number of ether oxygens (including phenoxy) is 1. The summed E-state index contributed by atoms with van der Waals surface area (Å²) in [4.78, 5) is 26.2. The molecule has 1 heterocycles. The minimum Gasteiger partial charge on any atom is -0.497 e. The first-order valence-electron chi connectivity index (χ1n) is 10.3. The Bertz CT molecular complexity index is 1300. The van der Waals surface area contributed by atoms with E-state index >= 15 is 0 Å². The molecule has 0 spiro atoms. The molecule has 0 bridgehead atoms. The Morgan fingerprint density at radius 3 is 2.38 bits per heavy atom. The maximum atomic E-state index is 13.3. The monoisotopic (exact) mass is 490 g/mol. The molecular weight excluding hydrogens is 468 g/mol. The Morgan fingerprint density at radius 2 is 1.66 bits per heavy atom. The molecule has 32 heavy (non-hydrogen) atoms. The predicted molar refractivity (Wildman–Crippen MR) is 130 cm³/mol. The van der Waals surface area contributed by atoms with Crippen molar-refractivity contribution in [2.24, 2.45) is 0 Å². The van der Waals surface area contributed by atoms with Gasteiger partial charge in [-0.1, -0.05) is 58.4 Å². The largest absolute Gasteiger partial charge is 0.497 e. The predicted octanol–water partition coefficient (Wildman–Crippen LogP) is 4.79. The molecule has 6 heteroatoms. The van der Waals surface area contributed by atoms with E-state index in [0.29, 0.717) is 19.5 Å². The topological polar surface area (TPSA) is 60.3 Å². The Kier molecular flexibility index (Phi) is 6.71. The van der Waals surface area contributed by atoms with Crippen LogP contribution in [0.25, 0.3) is 10.9 Å². The van der Waals surface area contributed by atoms with Crippen LogP contribution in [0, 0.1) is 0 Å². The number of methoxy groups -OCH3 is 1. The third-order valence-corrected chi connectivity index (χ3v) is 5.89. The van der Waals surface area contributed by atoms with Crippen molar-refractivity contribution in [3.8, 4) is 5.75 Å². The number of para-hydroxylation sites is 1. The van der Waals surface area contributed by atoms with E-state index in [0.717, 1.165) is 32.3 Å². The van der Waals surface area contributed by atoms with Crippen LogP contribution >= 0.6 is 15.9 Å². The van der Waals surface area contributed by atoms with Crippen molar-refractivity contribution in [2.45, 2.75) is 13.0 Å². The molecule has 0 aliphatic heterocycles. The Morgan fingerprint density at radius 1 is 0.969 bits per heavy atom. The van der Waals surface area contributed by atoms with E-state index in [9.17, 15) is 9.59 Å². The molecule has 1 aromatic heterocycles. The number of carbonyl (C=O) groups is 1.